The summed E-state index contributed by atoms with van der Waals surface area (Å²) in [5.41, 5.74) is -2.30. The van der Waals surface area contributed by atoms with E-state index in [4.69, 9.17) is 18.9 Å². The Morgan fingerprint density at radius 3 is 2.05 bits per heavy atom. The van der Waals surface area contributed by atoms with Gasteiger partial charge in [0.1, 0.15) is 12.2 Å². The molecule has 0 spiro atoms. The van der Waals surface area contributed by atoms with Crippen molar-refractivity contribution in [3.63, 3.8) is 0 Å². The van der Waals surface area contributed by atoms with Crippen molar-refractivity contribution >= 4 is 23.9 Å². The van der Waals surface area contributed by atoms with Crippen molar-refractivity contribution in [3.8, 4) is 0 Å². The van der Waals surface area contributed by atoms with Gasteiger partial charge in [0.15, 0.2) is 12.2 Å². The van der Waals surface area contributed by atoms with Crippen molar-refractivity contribution in [2.45, 2.75) is 104 Å². The zero-order valence-electron chi connectivity index (χ0n) is 25.8. The van der Waals surface area contributed by atoms with Gasteiger partial charge in [-0.2, -0.15) is 0 Å². The third kappa shape index (κ3) is 5.62. The fourth-order valence-electron chi connectivity index (χ4n) is 7.62. The normalized spacial score (nSPS) is 33.9. The molecule has 234 valence electrons. The van der Waals surface area contributed by atoms with Crippen LogP contribution in [0, 0.1) is 16.7 Å². The number of hydrogen-bond acceptors (Lipinski definition) is 10. The van der Waals surface area contributed by atoms with Crippen molar-refractivity contribution < 1.29 is 48.3 Å². The summed E-state index contributed by atoms with van der Waals surface area (Å²) < 4.78 is 23.9. The molecule has 0 aliphatic heterocycles. The van der Waals surface area contributed by atoms with E-state index < -0.39 is 76.7 Å². The van der Waals surface area contributed by atoms with Gasteiger partial charge < -0.3 is 29.2 Å². The second-order valence-electron chi connectivity index (χ2n) is 12.8. The average molecular weight is 599 g/mol. The highest BCUT2D eigenvalue weighted by Crippen LogP contribution is 2.65. The minimum atomic E-state index is -1.50. The molecule has 1 aromatic rings. The summed E-state index contributed by atoms with van der Waals surface area (Å²) in [6, 6.07) is 8.31. The summed E-state index contributed by atoms with van der Waals surface area (Å²) in [4.78, 5) is 51.1. The molecule has 5 unspecified atom stereocenters. The van der Waals surface area contributed by atoms with Crippen LogP contribution in [0.25, 0.3) is 0 Å². The maximum atomic E-state index is 13.7. The Labute approximate surface area is 252 Å². The summed E-state index contributed by atoms with van der Waals surface area (Å²) in [5.74, 6) is -3.21. The third-order valence-electron chi connectivity index (χ3n) is 9.76. The number of aliphatic hydroxyl groups excluding tert-OH is 1. The first-order chi connectivity index (χ1) is 19.9. The molecule has 0 radical (unpaired) electrons. The van der Waals surface area contributed by atoms with Crippen LogP contribution in [0.4, 0.5) is 0 Å². The lowest BCUT2D eigenvalue weighted by molar-refractivity contribution is -0.195. The highest BCUT2D eigenvalue weighted by atomic mass is 16.6. The van der Waals surface area contributed by atoms with Gasteiger partial charge >= 0.3 is 23.9 Å². The fraction of sp³-hybridized carbons (Fsp3) is 0.576. The fourth-order valence-corrected chi connectivity index (χ4v) is 7.62. The van der Waals surface area contributed by atoms with Gasteiger partial charge in [-0.3, -0.25) is 14.4 Å². The molecule has 2 fully saturated rings. The second-order valence-corrected chi connectivity index (χ2v) is 12.8. The zero-order chi connectivity index (χ0) is 32.1. The van der Waals surface area contributed by atoms with E-state index in [9.17, 15) is 29.4 Å². The van der Waals surface area contributed by atoms with Crippen LogP contribution >= 0.6 is 0 Å². The van der Waals surface area contributed by atoms with Gasteiger partial charge in [0.05, 0.1) is 22.7 Å². The van der Waals surface area contributed by atoms with E-state index in [1.54, 1.807) is 58.0 Å². The molecule has 0 heterocycles. The summed E-state index contributed by atoms with van der Waals surface area (Å²) >= 11 is 0. The van der Waals surface area contributed by atoms with Gasteiger partial charge in [-0.25, -0.2) is 4.79 Å². The van der Waals surface area contributed by atoms with Crippen molar-refractivity contribution in [2.75, 3.05) is 0 Å². The topological polar surface area (TPSA) is 146 Å². The number of rotatable bonds is 6. The van der Waals surface area contributed by atoms with Crippen LogP contribution < -0.4 is 0 Å². The van der Waals surface area contributed by atoms with Crippen LogP contribution in [0.3, 0.4) is 0 Å². The summed E-state index contributed by atoms with van der Waals surface area (Å²) in [6.45, 7) is 14.8. The molecule has 0 saturated heterocycles. The Hall–Kier alpha value is -3.50. The first kappa shape index (κ1) is 32.4. The molecule has 10 heteroatoms. The Kier molecular flexibility index (Phi) is 8.70. The molecular formula is C33H42O10. The van der Waals surface area contributed by atoms with Gasteiger partial charge in [-0.15, -0.1) is 0 Å². The quantitative estimate of drug-likeness (QED) is 0.281. The van der Waals surface area contributed by atoms with Gasteiger partial charge in [0, 0.05) is 39.0 Å². The zero-order valence-corrected chi connectivity index (χ0v) is 25.8. The molecule has 1 aromatic carbocycles. The SMILES string of the molecule is C=C1C(O)CC(OC(C)=O)[C@@]2(C)C(OC(C)=O)C(OC(=O)c3ccccc3)C3=C(C)C(OC(C)=O)C[C@]3(C(C)(C)O)C[C@H]12. The molecule has 43 heavy (non-hydrogen) atoms. The van der Waals surface area contributed by atoms with E-state index in [0.29, 0.717) is 16.7 Å². The number of carbonyl (C=O) groups excluding carboxylic acids is 4. The molecule has 0 aromatic heterocycles. The number of hydrogen-bond donors (Lipinski definition) is 2. The van der Waals surface area contributed by atoms with Crippen molar-refractivity contribution in [2.24, 2.45) is 16.7 Å². The first-order valence-electron chi connectivity index (χ1n) is 14.5. The third-order valence-corrected chi connectivity index (χ3v) is 9.76. The van der Waals surface area contributed by atoms with E-state index in [2.05, 4.69) is 6.58 Å². The molecule has 2 N–H and O–H groups in total. The lowest BCUT2D eigenvalue weighted by Crippen LogP contribution is -2.60. The van der Waals surface area contributed by atoms with E-state index in [0.717, 1.165) is 0 Å². The van der Waals surface area contributed by atoms with Crippen LogP contribution in [-0.4, -0.2) is 70.2 Å². The lowest BCUT2D eigenvalue weighted by atomic mass is 9.56. The van der Waals surface area contributed by atoms with E-state index in [1.165, 1.54) is 20.8 Å². The largest absolute Gasteiger partial charge is 0.462 e. The predicted octanol–water partition coefficient (Wildman–Crippen LogP) is 3.83. The van der Waals surface area contributed by atoms with Crippen molar-refractivity contribution in [1.29, 1.82) is 0 Å². The molecule has 3 aliphatic carbocycles. The van der Waals surface area contributed by atoms with Gasteiger partial charge in [0.25, 0.3) is 0 Å². The Morgan fingerprint density at radius 2 is 1.51 bits per heavy atom. The average Bonchev–Trinajstić information content (AvgIpc) is 3.13. The smallest absolute Gasteiger partial charge is 0.338 e. The second kappa shape index (κ2) is 11.5. The number of carbonyl (C=O) groups is 4. The maximum absolute atomic E-state index is 13.7. The minimum absolute atomic E-state index is 0.0217. The number of esters is 4. The standard InChI is InChI=1S/C33H42O10/c1-17-23-15-33(31(6,7)39)16-25(40-19(3)34)18(2)27(33)28(43-30(38)22-12-10-9-11-13-22)29(42-21(5)36)32(23,8)26(14-24(17)37)41-20(4)35/h9-13,23-26,28-29,37,39H,1,14-16H2,2-8H3/t23-,24?,25?,26?,28?,29?,32+,33-/m1/s1. The molecule has 0 amide bonds. The van der Waals surface area contributed by atoms with E-state index >= 15 is 0 Å². The molecule has 8 atom stereocenters. The first-order valence-corrected chi connectivity index (χ1v) is 14.5. The van der Waals surface area contributed by atoms with E-state index in [1.807, 2.05) is 0 Å². The van der Waals surface area contributed by atoms with Gasteiger partial charge in [0.2, 0.25) is 0 Å². The summed E-state index contributed by atoms with van der Waals surface area (Å²) in [5, 5.41) is 23.1. The summed E-state index contributed by atoms with van der Waals surface area (Å²) in [6.07, 6.45) is -5.10. The predicted molar refractivity (Wildman–Crippen MR) is 154 cm³/mol. The van der Waals surface area contributed by atoms with Crippen molar-refractivity contribution in [1.82, 2.24) is 0 Å². The number of benzene rings is 1. The number of ether oxygens (including phenoxy) is 4. The van der Waals surface area contributed by atoms with E-state index in [-0.39, 0.29) is 24.8 Å². The molecule has 0 bridgehead atoms. The highest BCUT2D eigenvalue weighted by Gasteiger charge is 2.69. The minimum Gasteiger partial charge on any atom is -0.462 e. The summed E-state index contributed by atoms with van der Waals surface area (Å²) in [7, 11) is 0. The lowest BCUT2D eigenvalue weighted by Gasteiger charge is -2.53. The molecule has 2 saturated carbocycles. The monoisotopic (exact) mass is 598 g/mol. The van der Waals surface area contributed by atoms with Crippen LogP contribution in [-0.2, 0) is 33.3 Å². The van der Waals surface area contributed by atoms with Crippen LogP contribution in [0.5, 0.6) is 0 Å². The highest BCUT2D eigenvalue weighted by molar-refractivity contribution is 5.89. The Bertz CT molecular complexity index is 1340. The van der Waals surface area contributed by atoms with Crippen molar-refractivity contribution in [3.05, 3.63) is 59.2 Å². The molecule has 4 rings (SSSR count). The van der Waals surface area contributed by atoms with Crippen LogP contribution in [0.1, 0.15) is 78.1 Å². The number of fused-ring (bicyclic) bond motifs is 2. The van der Waals surface area contributed by atoms with Gasteiger partial charge in [-0.1, -0.05) is 31.7 Å². The molecular weight excluding hydrogens is 556 g/mol. The number of aliphatic hydroxyl groups is 2. The van der Waals surface area contributed by atoms with Crippen LogP contribution in [0.2, 0.25) is 0 Å². The van der Waals surface area contributed by atoms with Crippen LogP contribution in [0.15, 0.2) is 53.6 Å². The Morgan fingerprint density at radius 1 is 0.930 bits per heavy atom. The molecule has 10 nitrogen and oxygen atoms in total. The Balaban J connectivity index is 2.07. The molecule has 3 aliphatic rings. The van der Waals surface area contributed by atoms with Gasteiger partial charge in [-0.05, 0) is 62.0 Å². The maximum Gasteiger partial charge on any atom is 0.338 e.